The molecule has 3 N–H and O–H groups in total. The van der Waals surface area contributed by atoms with E-state index < -0.39 is 0 Å². The summed E-state index contributed by atoms with van der Waals surface area (Å²) in [6, 6.07) is 2.83. The molecule has 132 valence electrons. The van der Waals surface area contributed by atoms with Gasteiger partial charge >= 0.3 is 0 Å². The SMILES string of the molecule is CCc1cc(N[C@@H]2CC[C@@H](N)C2)nc(N2CCOCC2)n1.Cl.Cl. The maximum Gasteiger partial charge on any atom is 0.227 e. The predicted molar refractivity (Wildman–Crippen MR) is 98.2 cm³/mol. The number of ether oxygens (including phenoxy) is 1. The summed E-state index contributed by atoms with van der Waals surface area (Å²) >= 11 is 0. The Morgan fingerprint density at radius 3 is 2.61 bits per heavy atom. The number of halogens is 2. The Kier molecular flexibility index (Phi) is 8.33. The van der Waals surface area contributed by atoms with Crippen molar-refractivity contribution < 1.29 is 4.74 Å². The summed E-state index contributed by atoms with van der Waals surface area (Å²) in [7, 11) is 0. The molecular formula is C15H27Cl2N5O. The minimum Gasteiger partial charge on any atom is -0.378 e. The fraction of sp³-hybridized carbons (Fsp3) is 0.733. The van der Waals surface area contributed by atoms with E-state index in [0.29, 0.717) is 12.1 Å². The topological polar surface area (TPSA) is 76.3 Å². The van der Waals surface area contributed by atoms with E-state index in [1.54, 1.807) is 0 Å². The smallest absolute Gasteiger partial charge is 0.227 e. The van der Waals surface area contributed by atoms with E-state index >= 15 is 0 Å². The molecular weight excluding hydrogens is 337 g/mol. The molecule has 3 rings (SSSR count). The highest BCUT2D eigenvalue weighted by Crippen LogP contribution is 2.23. The van der Waals surface area contributed by atoms with E-state index in [-0.39, 0.29) is 24.8 Å². The van der Waals surface area contributed by atoms with E-state index in [1.165, 1.54) is 0 Å². The molecule has 0 unspecified atom stereocenters. The first-order chi connectivity index (χ1) is 10.2. The lowest BCUT2D eigenvalue weighted by atomic mass is 10.2. The van der Waals surface area contributed by atoms with E-state index in [4.69, 9.17) is 15.5 Å². The Labute approximate surface area is 150 Å². The number of morpholine rings is 1. The molecule has 1 aliphatic carbocycles. The molecule has 2 atom stereocenters. The third-order valence-electron chi connectivity index (χ3n) is 4.25. The molecule has 1 aromatic rings. The monoisotopic (exact) mass is 363 g/mol. The van der Waals surface area contributed by atoms with Crippen LogP contribution >= 0.6 is 24.8 Å². The summed E-state index contributed by atoms with van der Waals surface area (Å²) in [5, 5.41) is 3.54. The van der Waals surface area contributed by atoms with Gasteiger partial charge < -0.3 is 20.7 Å². The molecule has 1 aromatic heterocycles. The van der Waals surface area contributed by atoms with E-state index in [2.05, 4.69) is 28.2 Å². The second kappa shape index (κ2) is 9.47. The maximum atomic E-state index is 5.99. The molecule has 0 bridgehead atoms. The van der Waals surface area contributed by atoms with Gasteiger partial charge in [-0.2, -0.15) is 4.98 Å². The molecule has 0 radical (unpaired) electrons. The van der Waals surface area contributed by atoms with Crippen LogP contribution in [0.1, 0.15) is 31.9 Å². The van der Waals surface area contributed by atoms with Gasteiger partial charge in [-0.1, -0.05) is 6.92 Å². The maximum absolute atomic E-state index is 5.99. The molecule has 1 saturated carbocycles. The molecule has 23 heavy (non-hydrogen) atoms. The zero-order chi connectivity index (χ0) is 14.7. The minimum atomic E-state index is 0. The van der Waals surface area contributed by atoms with Gasteiger partial charge in [0, 0.05) is 36.9 Å². The van der Waals surface area contributed by atoms with Crippen molar-refractivity contribution in [3.05, 3.63) is 11.8 Å². The number of rotatable bonds is 4. The minimum absolute atomic E-state index is 0. The molecule has 1 saturated heterocycles. The summed E-state index contributed by atoms with van der Waals surface area (Å²) in [5.74, 6) is 1.75. The highest BCUT2D eigenvalue weighted by molar-refractivity contribution is 5.85. The van der Waals surface area contributed by atoms with E-state index in [1.807, 2.05) is 0 Å². The number of anilines is 2. The lowest BCUT2D eigenvalue weighted by Crippen LogP contribution is -2.37. The Morgan fingerprint density at radius 1 is 1.26 bits per heavy atom. The van der Waals surface area contributed by atoms with Gasteiger partial charge in [0.05, 0.1) is 13.2 Å². The molecule has 0 aromatic carbocycles. The predicted octanol–water partition coefficient (Wildman–Crippen LogP) is 2.01. The number of hydrogen-bond donors (Lipinski definition) is 2. The first-order valence-electron chi connectivity index (χ1n) is 7.97. The van der Waals surface area contributed by atoms with Crippen LogP contribution in [0.3, 0.4) is 0 Å². The van der Waals surface area contributed by atoms with Crippen molar-refractivity contribution >= 4 is 36.6 Å². The molecule has 2 fully saturated rings. The van der Waals surface area contributed by atoms with Gasteiger partial charge in [-0.3, -0.25) is 0 Å². The second-order valence-corrected chi connectivity index (χ2v) is 5.91. The van der Waals surface area contributed by atoms with Crippen LogP contribution in [0.2, 0.25) is 0 Å². The van der Waals surface area contributed by atoms with Crippen molar-refractivity contribution in [1.82, 2.24) is 9.97 Å². The van der Waals surface area contributed by atoms with Gasteiger partial charge in [-0.15, -0.1) is 24.8 Å². The van der Waals surface area contributed by atoms with Crippen molar-refractivity contribution in [2.45, 2.75) is 44.7 Å². The Morgan fingerprint density at radius 2 is 2.00 bits per heavy atom. The van der Waals surface area contributed by atoms with Crippen LogP contribution < -0.4 is 16.0 Å². The fourth-order valence-electron chi connectivity index (χ4n) is 3.00. The van der Waals surface area contributed by atoms with Gasteiger partial charge in [0.15, 0.2) is 0 Å². The Bertz CT molecular complexity index is 485. The number of aryl methyl sites for hydroxylation is 1. The largest absolute Gasteiger partial charge is 0.378 e. The van der Waals surface area contributed by atoms with Crippen LogP contribution in [-0.4, -0.2) is 48.4 Å². The number of nitrogens with one attached hydrogen (secondary N) is 1. The van der Waals surface area contributed by atoms with Gasteiger partial charge in [0.2, 0.25) is 5.95 Å². The second-order valence-electron chi connectivity index (χ2n) is 5.91. The lowest BCUT2D eigenvalue weighted by molar-refractivity contribution is 0.122. The highest BCUT2D eigenvalue weighted by Gasteiger charge is 2.22. The zero-order valence-electron chi connectivity index (χ0n) is 13.5. The molecule has 2 aliphatic rings. The van der Waals surface area contributed by atoms with Gasteiger partial charge in [-0.25, -0.2) is 4.98 Å². The number of hydrogen-bond acceptors (Lipinski definition) is 6. The van der Waals surface area contributed by atoms with Crippen LogP contribution in [0.15, 0.2) is 6.07 Å². The third kappa shape index (κ3) is 5.35. The summed E-state index contributed by atoms with van der Waals surface area (Å²) in [5.41, 5.74) is 7.07. The van der Waals surface area contributed by atoms with Crippen LogP contribution in [-0.2, 0) is 11.2 Å². The first-order valence-corrected chi connectivity index (χ1v) is 7.97. The molecule has 0 spiro atoms. The fourth-order valence-corrected chi connectivity index (χ4v) is 3.00. The Balaban J connectivity index is 0.00000132. The van der Waals surface area contributed by atoms with Crippen molar-refractivity contribution in [3.63, 3.8) is 0 Å². The van der Waals surface area contributed by atoms with Crippen molar-refractivity contribution in [1.29, 1.82) is 0 Å². The van der Waals surface area contributed by atoms with Gasteiger partial charge in [-0.05, 0) is 25.7 Å². The first kappa shape index (κ1) is 20.2. The average Bonchev–Trinajstić information content (AvgIpc) is 2.93. The molecule has 1 aliphatic heterocycles. The van der Waals surface area contributed by atoms with Crippen LogP contribution in [0.25, 0.3) is 0 Å². The highest BCUT2D eigenvalue weighted by atomic mass is 35.5. The van der Waals surface area contributed by atoms with Crippen LogP contribution in [0.5, 0.6) is 0 Å². The summed E-state index contributed by atoms with van der Waals surface area (Å²) < 4.78 is 5.40. The molecule has 8 heteroatoms. The summed E-state index contributed by atoms with van der Waals surface area (Å²) in [6.07, 6.45) is 4.16. The Hall–Kier alpha value is -0.820. The third-order valence-corrected chi connectivity index (χ3v) is 4.25. The standard InChI is InChI=1S/C15H25N5O.2ClH/c1-2-12-10-14(17-13-4-3-11(16)9-13)19-15(18-12)20-5-7-21-8-6-20;;/h10-11,13H,2-9,16H2,1H3,(H,17,18,19);2*1H/t11-,13-;;/m1../s1. The normalized spacial score (nSPS) is 23.8. The lowest BCUT2D eigenvalue weighted by Gasteiger charge is -2.27. The zero-order valence-corrected chi connectivity index (χ0v) is 15.2. The van der Waals surface area contributed by atoms with Gasteiger partial charge in [0.25, 0.3) is 0 Å². The van der Waals surface area contributed by atoms with E-state index in [9.17, 15) is 0 Å². The number of nitrogens with two attached hydrogens (primary N) is 1. The van der Waals surface area contributed by atoms with Crippen LogP contribution in [0, 0.1) is 0 Å². The quantitative estimate of drug-likeness (QED) is 0.851. The average molecular weight is 364 g/mol. The number of aromatic nitrogens is 2. The molecule has 6 nitrogen and oxygen atoms in total. The van der Waals surface area contributed by atoms with Crippen molar-refractivity contribution in [2.75, 3.05) is 36.5 Å². The van der Waals surface area contributed by atoms with Crippen molar-refractivity contribution in [3.8, 4) is 0 Å². The van der Waals surface area contributed by atoms with Crippen LogP contribution in [0.4, 0.5) is 11.8 Å². The molecule has 2 heterocycles. The molecule has 0 amide bonds. The number of nitrogens with zero attached hydrogens (tertiary/aromatic N) is 3. The van der Waals surface area contributed by atoms with E-state index in [0.717, 1.165) is 69.4 Å². The summed E-state index contributed by atoms with van der Waals surface area (Å²) in [6.45, 7) is 5.35. The summed E-state index contributed by atoms with van der Waals surface area (Å²) in [4.78, 5) is 11.6. The van der Waals surface area contributed by atoms with Gasteiger partial charge in [0.1, 0.15) is 5.82 Å². The van der Waals surface area contributed by atoms with Crippen molar-refractivity contribution in [2.24, 2.45) is 5.73 Å².